The lowest BCUT2D eigenvalue weighted by Gasteiger charge is -2.08. The topological polar surface area (TPSA) is 50.2 Å². The highest BCUT2D eigenvalue weighted by Crippen LogP contribution is 2.23. The van der Waals surface area contributed by atoms with E-state index < -0.39 is 30.5 Å². The summed E-state index contributed by atoms with van der Waals surface area (Å²) in [6, 6.07) is 0.915. The van der Waals surface area contributed by atoms with Gasteiger partial charge in [0.15, 0.2) is 0 Å². The van der Waals surface area contributed by atoms with Crippen LogP contribution < -0.4 is 0 Å². The number of carboxylic acids is 1. The highest BCUT2D eigenvalue weighted by molar-refractivity contribution is 9.08. The molecule has 0 atom stereocenters. The van der Waals surface area contributed by atoms with E-state index >= 15 is 0 Å². The molecule has 1 N–H and O–H groups in total. The summed E-state index contributed by atoms with van der Waals surface area (Å²) in [7, 11) is 0. The maximum Gasteiger partial charge on any atom is 0.307 e. The Bertz CT molecular complexity index is 412. The van der Waals surface area contributed by atoms with Crippen LogP contribution in [0.15, 0.2) is 6.07 Å². The van der Waals surface area contributed by atoms with Crippen molar-refractivity contribution in [1.82, 2.24) is 4.98 Å². The molecule has 3 nitrogen and oxygen atoms in total. The van der Waals surface area contributed by atoms with Crippen LogP contribution in [0.4, 0.5) is 13.2 Å². The first-order valence-corrected chi connectivity index (χ1v) is 5.32. The molecule has 1 aromatic rings. The number of rotatable bonds is 4. The monoisotopic (exact) mass is 297 g/mol. The van der Waals surface area contributed by atoms with Gasteiger partial charge in [-0.2, -0.15) is 4.39 Å². The Hall–Kier alpha value is -1.11. The third kappa shape index (κ3) is 2.94. The number of nitrogens with zero attached hydrogens (tertiary/aromatic N) is 1. The van der Waals surface area contributed by atoms with Crippen molar-refractivity contribution in [3.63, 3.8) is 0 Å². The number of halogens is 4. The Morgan fingerprint density at radius 1 is 1.56 bits per heavy atom. The van der Waals surface area contributed by atoms with Gasteiger partial charge in [0.25, 0.3) is 6.43 Å². The first-order chi connectivity index (χ1) is 7.45. The van der Waals surface area contributed by atoms with Gasteiger partial charge in [-0.3, -0.25) is 4.79 Å². The summed E-state index contributed by atoms with van der Waals surface area (Å²) in [6.45, 7) is 0. The van der Waals surface area contributed by atoms with Crippen molar-refractivity contribution in [3.05, 3.63) is 28.8 Å². The Kier molecular flexibility index (Phi) is 4.28. The van der Waals surface area contributed by atoms with Crippen LogP contribution in [0.3, 0.4) is 0 Å². The van der Waals surface area contributed by atoms with Crippen LogP contribution in [0.25, 0.3) is 0 Å². The third-order valence-corrected chi connectivity index (χ3v) is 2.45. The summed E-state index contributed by atoms with van der Waals surface area (Å²) in [5.41, 5.74) is -0.752. The van der Waals surface area contributed by atoms with Crippen LogP contribution in [0, 0.1) is 5.95 Å². The molecule has 7 heteroatoms. The summed E-state index contributed by atoms with van der Waals surface area (Å²) in [4.78, 5) is 13.6. The normalized spacial score (nSPS) is 10.8. The van der Waals surface area contributed by atoms with E-state index in [9.17, 15) is 18.0 Å². The maximum atomic E-state index is 13.3. The molecule has 16 heavy (non-hydrogen) atoms. The molecule has 1 rings (SSSR count). The minimum absolute atomic E-state index is 0.00664. The Morgan fingerprint density at radius 3 is 2.62 bits per heavy atom. The van der Waals surface area contributed by atoms with E-state index in [-0.39, 0.29) is 16.5 Å². The molecular formula is C9H7BrF3NO2. The molecule has 1 heterocycles. The van der Waals surface area contributed by atoms with E-state index in [4.69, 9.17) is 5.11 Å². The molecule has 0 aromatic carbocycles. The van der Waals surface area contributed by atoms with E-state index in [1.54, 1.807) is 0 Å². The number of pyridine rings is 1. The quantitative estimate of drug-likeness (QED) is 0.687. The second-order valence-electron chi connectivity index (χ2n) is 2.98. The summed E-state index contributed by atoms with van der Waals surface area (Å²) in [5, 5.41) is 8.59. The molecule has 0 saturated heterocycles. The van der Waals surface area contributed by atoms with E-state index in [0.717, 1.165) is 6.07 Å². The van der Waals surface area contributed by atoms with E-state index in [1.165, 1.54) is 0 Å². The van der Waals surface area contributed by atoms with Crippen molar-refractivity contribution in [2.45, 2.75) is 18.2 Å². The lowest BCUT2D eigenvalue weighted by molar-refractivity contribution is -0.136. The first kappa shape index (κ1) is 13.0. The number of carboxylic acid groups (broad SMARTS) is 1. The molecule has 0 saturated carbocycles. The van der Waals surface area contributed by atoms with Gasteiger partial charge in [0.1, 0.15) is 5.69 Å². The first-order valence-electron chi connectivity index (χ1n) is 4.19. The molecule has 0 aliphatic heterocycles. The van der Waals surface area contributed by atoms with Crippen molar-refractivity contribution in [2.75, 3.05) is 0 Å². The van der Waals surface area contributed by atoms with Crippen molar-refractivity contribution in [1.29, 1.82) is 0 Å². The minimum atomic E-state index is -2.92. The van der Waals surface area contributed by atoms with Crippen LogP contribution >= 0.6 is 15.9 Å². The average molecular weight is 298 g/mol. The van der Waals surface area contributed by atoms with Gasteiger partial charge in [0, 0.05) is 10.9 Å². The average Bonchev–Trinajstić information content (AvgIpc) is 2.16. The van der Waals surface area contributed by atoms with E-state index in [0.29, 0.717) is 0 Å². The second kappa shape index (κ2) is 5.29. The van der Waals surface area contributed by atoms with Crippen molar-refractivity contribution >= 4 is 21.9 Å². The highest BCUT2D eigenvalue weighted by atomic mass is 79.9. The van der Waals surface area contributed by atoms with Gasteiger partial charge < -0.3 is 5.11 Å². The number of hydrogen-bond donors (Lipinski definition) is 1. The maximum absolute atomic E-state index is 13.3. The van der Waals surface area contributed by atoms with Gasteiger partial charge in [0.2, 0.25) is 5.95 Å². The zero-order chi connectivity index (χ0) is 12.3. The standard InChI is InChI=1S/C9H7BrF3NO2/c10-3-5-4(2-7(15)16)1-6(8(11)12)14-9(5)13/h1,8H,2-3H2,(H,15,16). The van der Waals surface area contributed by atoms with Gasteiger partial charge in [-0.1, -0.05) is 15.9 Å². The van der Waals surface area contributed by atoms with Crippen molar-refractivity contribution in [3.8, 4) is 0 Å². The van der Waals surface area contributed by atoms with Crippen LogP contribution in [0.1, 0.15) is 23.2 Å². The van der Waals surface area contributed by atoms with Crippen LogP contribution in [0.5, 0.6) is 0 Å². The predicted octanol–water partition coefficient (Wildman–Crippen LogP) is 2.68. The summed E-state index contributed by atoms with van der Waals surface area (Å²) in [5.74, 6) is -2.28. The highest BCUT2D eigenvalue weighted by Gasteiger charge is 2.18. The number of aliphatic carboxylic acids is 1. The fraction of sp³-hybridized carbons (Fsp3) is 0.333. The molecule has 1 aromatic heterocycles. The number of alkyl halides is 3. The van der Waals surface area contributed by atoms with E-state index in [1.807, 2.05) is 0 Å². The Labute approximate surface area is 97.4 Å². The van der Waals surface area contributed by atoms with Gasteiger partial charge >= 0.3 is 5.97 Å². The number of aromatic nitrogens is 1. The minimum Gasteiger partial charge on any atom is -0.481 e. The zero-order valence-electron chi connectivity index (χ0n) is 7.88. The van der Waals surface area contributed by atoms with Gasteiger partial charge in [0.05, 0.1) is 6.42 Å². The molecule has 0 bridgehead atoms. The zero-order valence-corrected chi connectivity index (χ0v) is 9.47. The lowest BCUT2D eigenvalue weighted by Crippen LogP contribution is -2.08. The van der Waals surface area contributed by atoms with E-state index in [2.05, 4.69) is 20.9 Å². The molecular weight excluding hydrogens is 291 g/mol. The lowest BCUT2D eigenvalue weighted by atomic mass is 10.1. The Morgan fingerprint density at radius 2 is 2.19 bits per heavy atom. The molecule has 0 fully saturated rings. The number of carbonyl (C=O) groups is 1. The molecule has 88 valence electrons. The molecule has 0 amide bonds. The largest absolute Gasteiger partial charge is 0.481 e. The predicted molar refractivity (Wildman–Crippen MR) is 53.1 cm³/mol. The SMILES string of the molecule is O=C(O)Cc1cc(C(F)F)nc(F)c1CBr. The molecule has 0 radical (unpaired) electrons. The smallest absolute Gasteiger partial charge is 0.307 e. The molecule has 0 spiro atoms. The molecule has 0 aliphatic carbocycles. The summed E-state index contributed by atoms with van der Waals surface area (Å²) < 4.78 is 37.9. The second-order valence-corrected chi connectivity index (χ2v) is 3.54. The van der Waals surface area contributed by atoms with Crippen molar-refractivity contribution < 1.29 is 23.1 Å². The fourth-order valence-corrected chi connectivity index (χ4v) is 1.78. The molecule has 0 unspecified atom stereocenters. The van der Waals surface area contributed by atoms with Gasteiger partial charge in [-0.25, -0.2) is 13.8 Å². The van der Waals surface area contributed by atoms with Crippen molar-refractivity contribution in [2.24, 2.45) is 0 Å². The molecule has 0 aliphatic rings. The fourth-order valence-electron chi connectivity index (χ4n) is 1.18. The third-order valence-electron chi connectivity index (χ3n) is 1.88. The van der Waals surface area contributed by atoms with Gasteiger partial charge in [-0.05, 0) is 11.6 Å². The van der Waals surface area contributed by atoms with Crippen LogP contribution in [-0.2, 0) is 16.5 Å². The summed E-state index contributed by atoms with van der Waals surface area (Å²) >= 11 is 2.95. The van der Waals surface area contributed by atoms with Crippen LogP contribution in [-0.4, -0.2) is 16.1 Å². The summed E-state index contributed by atoms with van der Waals surface area (Å²) in [6.07, 6.45) is -3.44. The van der Waals surface area contributed by atoms with Crippen LogP contribution in [0.2, 0.25) is 0 Å². The number of hydrogen-bond acceptors (Lipinski definition) is 2. The van der Waals surface area contributed by atoms with Gasteiger partial charge in [-0.15, -0.1) is 0 Å². The Balaban J connectivity index is 3.24.